The molecule has 0 aliphatic carbocycles. The van der Waals surface area contributed by atoms with Crippen molar-refractivity contribution in [3.05, 3.63) is 24.3 Å². The smallest absolute Gasteiger partial charge is 0.272 e. The molecule has 108 valence electrons. The highest BCUT2D eigenvalue weighted by molar-refractivity contribution is 7.89. The average molecular weight is 307 g/mol. The minimum Gasteiger partial charge on any atom is -0.272 e. The topological polar surface area (TPSA) is 92.8 Å². The van der Waals surface area contributed by atoms with E-state index in [9.17, 15) is 26.4 Å². The number of sulfonamides is 1. The maximum atomic E-state index is 12.4. The summed E-state index contributed by atoms with van der Waals surface area (Å²) in [4.78, 5) is 11.3. The van der Waals surface area contributed by atoms with Crippen molar-refractivity contribution in [1.82, 2.24) is 0 Å². The van der Waals surface area contributed by atoms with Crippen LogP contribution in [0, 0.1) is 0 Å². The Morgan fingerprint density at radius 1 is 1.20 bits per heavy atom. The largest absolute Gasteiger partial charge is 0.431 e. The molecule has 1 aromatic rings. The number of benzene rings is 1. The minimum atomic E-state index is -4.68. The fourth-order valence-electron chi connectivity index (χ4n) is 1.57. The molecule has 0 saturated carbocycles. The van der Waals surface area contributed by atoms with Crippen LogP contribution < -0.4 is 10.1 Å². The molecular formula is C10H8F3N3O3S. The Morgan fingerprint density at radius 2 is 1.75 bits per heavy atom. The van der Waals surface area contributed by atoms with Gasteiger partial charge in [-0.1, -0.05) is 0 Å². The third kappa shape index (κ3) is 2.80. The number of primary sulfonamides is 1. The fourth-order valence-corrected chi connectivity index (χ4v) is 2.08. The van der Waals surface area contributed by atoms with Gasteiger partial charge in [-0.05, 0) is 24.3 Å². The summed E-state index contributed by atoms with van der Waals surface area (Å²) in [6.07, 6.45) is -5.52. The Kier molecular flexibility index (Phi) is 3.30. The third-order valence-corrected chi connectivity index (χ3v) is 3.44. The van der Waals surface area contributed by atoms with Crippen molar-refractivity contribution in [2.24, 2.45) is 10.2 Å². The summed E-state index contributed by atoms with van der Waals surface area (Å²) in [5.41, 5.74) is -1.17. The van der Waals surface area contributed by atoms with Crippen molar-refractivity contribution < 1.29 is 26.4 Å². The summed E-state index contributed by atoms with van der Waals surface area (Å²) >= 11 is 0. The molecule has 0 bridgehead atoms. The van der Waals surface area contributed by atoms with Gasteiger partial charge in [-0.25, -0.2) is 18.6 Å². The molecule has 1 aliphatic heterocycles. The van der Waals surface area contributed by atoms with E-state index >= 15 is 0 Å². The van der Waals surface area contributed by atoms with Crippen LogP contribution >= 0.6 is 0 Å². The second-order valence-electron chi connectivity index (χ2n) is 3.97. The van der Waals surface area contributed by atoms with Crippen LogP contribution in [-0.2, 0) is 14.8 Å². The van der Waals surface area contributed by atoms with Crippen LogP contribution in [-0.4, -0.2) is 26.2 Å². The molecule has 20 heavy (non-hydrogen) atoms. The summed E-state index contributed by atoms with van der Waals surface area (Å²) < 4.78 is 59.4. The van der Waals surface area contributed by atoms with Gasteiger partial charge in [0.05, 0.1) is 17.0 Å². The minimum absolute atomic E-state index is 0.0293. The van der Waals surface area contributed by atoms with E-state index in [2.05, 4.69) is 5.10 Å². The predicted octanol–water partition coefficient (Wildman–Crippen LogP) is 0.989. The molecule has 2 rings (SSSR count). The van der Waals surface area contributed by atoms with Gasteiger partial charge in [-0.15, -0.1) is 0 Å². The molecule has 6 nitrogen and oxygen atoms in total. The average Bonchev–Trinajstić information content (AvgIpc) is 2.70. The number of nitrogens with two attached hydrogens (primary N) is 1. The summed E-state index contributed by atoms with van der Waals surface area (Å²) in [5, 5.41) is 8.66. The lowest BCUT2D eigenvalue weighted by Crippen LogP contribution is -2.22. The van der Waals surface area contributed by atoms with Crippen molar-refractivity contribution in [3.63, 3.8) is 0 Å². The molecule has 0 atom stereocenters. The van der Waals surface area contributed by atoms with Gasteiger partial charge in [0.2, 0.25) is 10.0 Å². The SMILES string of the molecule is NS(=O)(=O)c1ccc(N2N=C(C(F)(F)F)CC2=O)cc1. The predicted molar refractivity (Wildman–Crippen MR) is 63.4 cm³/mol. The monoisotopic (exact) mass is 307 g/mol. The maximum Gasteiger partial charge on any atom is 0.431 e. The molecule has 1 amide bonds. The van der Waals surface area contributed by atoms with Crippen molar-refractivity contribution >= 4 is 27.3 Å². The van der Waals surface area contributed by atoms with Gasteiger partial charge in [-0.2, -0.15) is 18.3 Å². The first-order chi connectivity index (χ1) is 9.09. The Labute approximate surface area is 111 Å². The number of halogens is 3. The number of rotatable bonds is 2. The highest BCUT2D eigenvalue weighted by Gasteiger charge is 2.42. The second kappa shape index (κ2) is 4.56. The highest BCUT2D eigenvalue weighted by Crippen LogP contribution is 2.28. The molecule has 0 saturated heterocycles. The van der Waals surface area contributed by atoms with E-state index in [1.165, 1.54) is 0 Å². The molecule has 10 heteroatoms. The molecule has 0 spiro atoms. The van der Waals surface area contributed by atoms with E-state index in [1.54, 1.807) is 0 Å². The normalized spacial score (nSPS) is 16.5. The summed E-state index contributed by atoms with van der Waals surface area (Å²) in [6, 6.07) is 4.47. The lowest BCUT2D eigenvalue weighted by molar-refractivity contribution is -0.117. The van der Waals surface area contributed by atoms with E-state index < -0.39 is 34.2 Å². The zero-order chi connectivity index (χ0) is 15.1. The number of alkyl halides is 3. The van der Waals surface area contributed by atoms with Crippen molar-refractivity contribution in [2.45, 2.75) is 17.5 Å². The number of hydrogen-bond donors (Lipinski definition) is 1. The van der Waals surface area contributed by atoms with Gasteiger partial charge in [0.25, 0.3) is 5.91 Å². The van der Waals surface area contributed by atoms with Crippen LogP contribution in [0.3, 0.4) is 0 Å². The van der Waals surface area contributed by atoms with Crippen LogP contribution in [0.25, 0.3) is 0 Å². The van der Waals surface area contributed by atoms with E-state index in [4.69, 9.17) is 5.14 Å². The van der Waals surface area contributed by atoms with Crippen LogP contribution in [0.4, 0.5) is 18.9 Å². The molecule has 0 radical (unpaired) electrons. The quantitative estimate of drug-likeness (QED) is 0.883. The highest BCUT2D eigenvalue weighted by atomic mass is 32.2. The van der Waals surface area contributed by atoms with Crippen LogP contribution in [0.5, 0.6) is 0 Å². The molecular weight excluding hydrogens is 299 g/mol. The molecule has 0 aromatic heterocycles. The zero-order valence-electron chi connectivity index (χ0n) is 9.76. The van der Waals surface area contributed by atoms with E-state index in [0.717, 1.165) is 24.3 Å². The van der Waals surface area contributed by atoms with Gasteiger partial charge in [0.1, 0.15) is 0 Å². The Hall–Kier alpha value is -1.94. The first kappa shape index (κ1) is 14.5. The lowest BCUT2D eigenvalue weighted by Gasteiger charge is -2.11. The number of hydrogen-bond acceptors (Lipinski definition) is 4. The molecule has 1 aromatic carbocycles. The molecule has 0 unspecified atom stereocenters. The second-order valence-corrected chi connectivity index (χ2v) is 5.53. The number of hydrazone groups is 1. The fraction of sp³-hybridized carbons (Fsp3) is 0.200. The maximum absolute atomic E-state index is 12.4. The first-order valence-corrected chi connectivity index (χ1v) is 6.74. The van der Waals surface area contributed by atoms with Crippen molar-refractivity contribution in [1.29, 1.82) is 0 Å². The lowest BCUT2D eigenvalue weighted by atomic mass is 10.2. The van der Waals surface area contributed by atoms with Crippen molar-refractivity contribution in [3.8, 4) is 0 Å². The number of nitrogens with zero attached hydrogens (tertiary/aromatic N) is 2. The number of carbonyl (C=O) groups is 1. The number of anilines is 1. The Morgan fingerprint density at radius 3 is 2.15 bits per heavy atom. The number of amides is 1. The van der Waals surface area contributed by atoms with Gasteiger partial charge >= 0.3 is 6.18 Å². The van der Waals surface area contributed by atoms with Gasteiger partial charge < -0.3 is 0 Å². The standard InChI is InChI=1S/C10H8F3N3O3S/c11-10(12,13)8-5-9(17)16(15-8)6-1-3-7(4-2-6)20(14,18)19/h1-4H,5H2,(H2,14,18,19). The molecule has 2 N–H and O–H groups in total. The summed E-state index contributed by atoms with van der Waals surface area (Å²) in [7, 11) is -3.91. The van der Waals surface area contributed by atoms with E-state index in [1.807, 2.05) is 0 Å². The van der Waals surface area contributed by atoms with Gasteiger partial charge in [-0.3, -0.25) is 4.79 Å². The Balaban J connectivity index is 2.33. The van der Waals surface area contributed by atoms with E-state index in [-0.39, 0.29) is 10.6 Å². The first-order valence-electron chi connectivity index (χ1n) is 5.19. The van der Waals surface area contributed by atoms with E-state index in [0.29, 0.717) is 5.01 Å². The van der Waals surface area contributed by atoms with Crippen LogP contribution in [0.2, 0.25) is 0 Å². The third-order valence-electron chi connectivity index (χ3n) is 2.51. The van der Waals surface area contributed by atoms with Crippen LogP contribution in [0.15, 0.2) is 34.3 Å². The van der Waals surface area contributed by atoms with Gasteiger partial charge in [0, 0.05) is 0 Å². The van der Waals surface area contributed by atoms with Crippen LogP contribution in [0.1, 0.15) is 6.42 Å². The number of carbonyl (C=O) groups excluding carboxylic acids is 1. The molecule has 0 fully saturated rings. The summed E-state index contributed by atoms with van der Waals surface area (Å²) in [5.74, 6) is -0.847. The Bertz CT molecular complexity index is 680. The van der Waals surface area contributed by atoms with Gasteiger partial charge in [0.15, 0.2) is 5.71 Å². The molecule has 1 aliphatic rings. The van der Waals surface area contributed by atoms with Crippen molar-refractivity contribution in [2.75, 3.05) is 5.01 Å². The summed E-state index contributed by atoms with van der Waals surface area (Å²) in [6.45, 7) is 0. The zero-order valence-corrected chi connectivity index (χ0v) is 10.6. The molecule has 1 heterocycles.